The summed E-state index contributed by atoms with van der Waals surface area (Å²) in [5, 5.41) is 2.24. The van der Waals surface area contributed by atoms with Crippen LogP contribution in [0.3, 0.4) is 0 Å². The third-order valence-electron chi connectivity index (χ3n) is 4.00. The van der Waals surface area contributed by atoms with Gasteiger partial charge in [-0.2, -0.15) is 0 Å². The Bertz CT molecular complexity index is 1110. The second-order valence-corrected chi connectivity index (χ2v) is 8.41. The molecule has 1 aromatic heterocycles. The minimum atomic E-state index is 0.419. The molecule has 6 heteroatoms. The molecule has 3 nitrogen and oxygen atoms in total. The molecule has 4 aromatic rings. The van der Waals surface area contributed by atoms with E-state index in [0.29, 0.717) is 11.1 Å². The third kappa shape index (κ3) is 4.38. The summed E-state index contributed by atoms with van der Waals surface area (Å²) in [4.78, 5) is 9.66. The maximum atomic E-state index is 6.07. The number of benzene rings is 3. The van der Waals surface area contributed by atoms with Crippen molar-refractivity contribution in [2.75, 3.05) is 0 Å². The van der Waals surface area contributed by atoms with Crippen molar-refractivity contribution in [3.05, 3.63) is 86.2 Å². The summed E-state index contributed by atoms with van der Waals surface area (Å²) in [6.45, 7) is 0.419. The van der Waals surface area contributed by atoms with Gasteiger partial charge in [0, 0.05) is 22.4 Å². The molecule has 1 heterocycles. The van der Waals surface area contributed by atoms with Gasteiger partial charge in [0.2, 0.25) is 0 Å². The van der Waals surface area contributed by atoms with Crippen LogP contribution in [0.4, 0.5) is 5.69 Å². The van der Waals surface area contributed by atoms with E-state index in [4.69, 9.17) is 16.3 Å². The number of aromatic nitrogens is 1. The smallest absolute Gasteiger partial charge is 0.183 e. The number of aliphatic imine (C=N–C) groups is 1. The van der Waals surface area contributed by atoms with E-state index in [-0.39, 0.29) is 0 Å². The molecule has 0 aliphatic heterocycles. The van der Waals surface area contributed by atoms with Gasteiger partial charge in [0.25, 0.3) is 0 Å². The van der Waals surface area contributed by atoms with Crippen molar-refractivity contribution in [1.82, 2.24) is 4.98 Å². The molecular weight excluding hydrogens is 444 g/mol. The molecular formula is C21H14BrClN2OS. The highest BCUT2D eigenvalue weighted by atomic mass is 79.9. The standard InChI is InChI=1S/C21H14BrClN2OS/c22-15-6-8-16(9-7-15)24-12-19-18-4-2-1-3-14(18)5-10-20(19)26-13-17-11-25-21(23)27-17/h1-12H,13H2/b24-12-. The minimum Gasteiger partial charge on any atom is -0.487 e. The number of ether oxygens (including phenoxy) is 1. The van der Waals surface area contributed by atoms with E-state index in [1.807, 2.05) is 48.7 Å². The minimum absolute atomic E-state index is 0.419. The molecule has 0 aliphatic rings. The topological polar surface area (TPSA) is 34.5 Å². The predicted molar refractivity (Wildman–Crippen MR) is 117 cm³/mol. The van der Waals surface area contributed by atoms with Gasteiger partial charge in [-0.25, -0.2) is 4.98 Å². The lowest BCUT2D eigenvalue weighted by Crippen LogP contribution is -1.98. The van der Waals surface area contributed by atoms with Crippen molar-refractivity contribution in [3.8, 4) is 5.75 Å². The van der Waals surface area contributed by atoms with Crippen molar-refractivity contribution in [2.45, 2.75) is 6.61 Å². The Hall–Kier alpha value is -2.21. The molecule has 0 bridgehead atoms. The average Bonchev–Trinajstić information content (AvgIpc) is 3.11. The van der Waals surface area contributed by atoms with Crippen molar-refractivity contribution in [1.29, 1.82) is 0 Å². The summed E-state index contributed by atoms with van der Waals surface area (Å²) in [7, 11) is 0. The van der Waals surface area contributed by atoms with E-state index in [1.54, 1.807) is 6.20 Å². The number of nitrogens with zero attached hydrogens (tertiary/aromatic N) is 2. The van der Waals surface area contributed by atoms with E-state index >= 15 is 0 Å². The SMILES string of the molecule is Clc1ncc(COc2ccc3ccccc3c2/C=N\c2ccc(Br)cc2)s1. The van der Waals surface area contributed by atoms with Crippen LogP contribution in [0, 0.1) is 0 Å². The molecule has 0 aliphatic carbocycles. The van der Waals surface area contributed by atoms with E-state index < -0.39 is 0 Å². The molecule has 27 heavy (non-hydrogen) atoms. The first-order chi connectivity index (χ1) is 13.2. The van der Waals surface area contributed by atoms with Gasteiger partial charge in [0.05, 0.1) is 10.6 Å². The van der Waals surface area contributed by atoms with Gasteiger partial charge < -0.3 is 4.74 Å². The van der Waals surface area contributed by atoms with Crippen LogP contribution in [0.15, 0.2) is 76.3 Å². The fraction of sp³-hybridized carbons (Fsp3) is 0.0476. The molecule has 4 rings (SSSR count). The van der Waals surface area contributed by atoms with Crippen LogP contribution in [0.25, 0.3) is 10.8 Å². The second-order valence-electron chi connectivity index (χ2n) is 5.80. The number of hydrogen-bond donors (Lipinski definition) is 0. The summed E-state index contributed by atoms with van der Waals surface area (Å²) >= 11 is 10.8. The highest BCUT2D eigenvalue weighted by molar-refractivity contribution is 9.10. The van der Waals surface area contributed by atoms with Crippen LogP contribution in [0.5, 0.6) is 5.75 Å². The lowest BCUT2D eigenvalue weighted by atomic mass is 10.0. The molecule has 0 spiro atoms. The lowest BCUT2D eigenvalue weighted by Gasteiger charge is -2.11. The van der Waals surface area contributed by atoms with Crippen LogP contribution in [-0.4, -0.2) is 11.2 Å². The maximum absolute atomic E-state index is 6.07. The van der Waals surface area contributed by atoms with Crippen LogP contribution < -0.4 is 4.74 Å². The molecule has 0 unspecified atom stereocenters. The number of halogens is 2. The quantitative estimate of drug-likeness (QED) is 0.301. The van der Waals surface area contributed by atoms with E-state index in [0.717, 1.165) is 37.1 Å². The van der Waals surface area contributed by atoms with E-state index in [2.05, 4.69) is 44.1 Å². The Labute approximate surface area is 174 Å². The number of thiazole rings is 1. The van der Waals surface area contributed by atoms with E-state index in [1.165, 1.54) is 11.3 Å². The zero-order valence-electron chi connectivity index (χ0n) is 14.1. The molecule has 0 radical (unpaired) electrons. The monoisotopic (exact) mass is 456 g/mol. The van der Waals surface area contributed by atoms with Gasteiger partial charge in [-0.15, -0.1) is 11.3 Å². The normalized spacial score (nSPS) is 11.3. The largest absolute Gasteiger partial charge is 0.487 e. The summed E-state index contributed by atoms with van der Waals surface area (Å²) in [6, 6.07) is 20.1. The Kier molecular flexibility index (Phi) is 5.53. The number of hydrogen-bond acceptors (Lipinski definition) is 4. The van der Waals surface area contributed by atoms with Gasteiger partial charge >= 0.3 is 0 Å². The zero-order chi connectivity index (χ0) is 18.6. The van der Waals surface area contributed by atoms with Gasteiger partial charge in [0.15, 0.2) is 4.47 Å². The Morgan fingerprint density at radius 3 is 2.67 bits per heavy atom. The Balaban J connectivity index is 1.69. The number of fused-ring (bicyclic) bond motifs is 1. The maximum Gasteiger partial charge on any atom is 0.183 e. The Morgan fingerprint density at radius 1 is 1.07 bits per heavy atom. The fourth-order valence-electron chi connectivity index (χ4n) is 2.70. The average molecular weight is 458 g/mol. The molecule has 0 atom stereocenters. The first-order valence-electron chi connectivity index (χ1n) is 8.23. The third-order valence-corrected chi connectivity index (χ3v) is 5.61. The van der Waals surface area contributed by atoms with Gasteiger partial charge in [-0.3, -0.25) is 4.99 Å². The van der Waals surface area contributed by atoms with Gasteiger partial charge in [-0.1, -0.05) is 57.9 Å². The number of rotatable bonds is 5. The van der Waals surface area contributed by atoms with Crippen LogP contribution in [-0.2, 0) is 6.61 Å². The van der Waals surface area contributed by atoms with E-state index in [9.17, 15) is 0 Å². The lowest BCUT2D eigenvalue weighted by molar-refractivity contribution is 0.309. The first-order valence-corrected chi connectivity index (χ1v) is 10.2. The molecule has 3 aromatic carbocycles. The van der Waals surface area contributed by atoms with Crippen LogP contribution in [0.1, 0.15) is 10.4 Å². The van der Waals surface area contributed by atoms with Crippen molar-refractivity contribution < 1.29 is 4.74 Å². The Morgan fingerprint density at radius 2 is 1.89 bits per heavy atom. The van der Waals surface area contributed by atoms with Crippen LogP contribution in [0.2, 0.25) is 4.47 Å². The summed E-state index contributed by atoms with van der Waals surface area (Å²) in [5.41, 5.74) is 1.83. The highest BCUT2D eigenvalue weighted by Gasteiger charge is 2.09. The van der Waals surface area contributed by atoms with Gasteiger partial charge in [-0.05, 0) is 41.1 Å². The molecule has 0 saturated heterocycles. The van der Waals surface area contributed by atoms with Crippen molar-refractivity contribution in [2.24, 2.45) is 4.99 Å². The molecule has 134 valence electrons. The second kappa shape index (κ2) is 8.21. The summed E-state index contributed by atoms with van der Waals surface area (Å²) < 4.78 is 7.61. The highest BCUT2D eigenvalue weighted by Crippen LogP contribution is 2.29. The van der Waals surface area contributed by atoms with Crippen molar-refractivity contribution >= 4 is 61.5 Å². The molecule has 0 fully saturated rings. The molecule has 0 N–H and O–H groups in total. The molecule has 0 saturated carbocycles. The summed E-state index contributed by atoms with van der Waals surface area (Å²) in [5.74, 6) is 0.777. The summed E-state index contributed by atoms with van der Waals surface area (Å²) in [6.07, 6.45) is 3.60. The molecule has 0 amide bonds. The van der Waals surface area contributed by atoms with Crippen LogP contribution >= 0.6 is 38.9 Å². The predicted octanol–water partition coefficient (Wildman–Crippen LogP) is 7.04. The van der Waals surface area contributed by atoms with Crippen molar-refractivity contribution in [3.63, 3.8) is 0 Å². The first kappa shape index (κ1) is 18.2. The zero-order valence-corrected chi connectivity index (χ0v) is 17.3. The van der Waals surface area contributed by atoms with Gasteiger partial charge in [0.1, 0.15) is 12.4 Å². The fourth-order valence-corrected chi connectivity index (χ4v) is 3.86.